The predicted octanol–water partition coefficient (Wildman–Crippen LogP) is 3.71. The summed E-state index contributed by atoms with van der Waals surface area (Å²) in [6.45, 7) is 6.29. The zero-order chi connectivity index (χ0) is 21.0. The van der Waals surface area contributed by atoms with Gasteiger partial charge < -0.3 is 18.9 Å². The van der Waals surface area contributed by atoms with Crippen molar-refractivity contribution in [3.8, 4) is 11.3 Å². The van der Waals surface area contributed by atoms with Gasteiger partial charge in [-0.2, -0.15) is 0 Å². The first-order valence-corrected chi connectivity index (χ1v) is 10.8. The monoisotopic (exact) mass is 416 g/mol. The Hall–Kier alpha value is -2.25. The number of halogens is 1. The molecule has 0 radical (unpaired) electrons. The van der Waals surface area contributed by atoms with Crippen molar-refractivity contribution in [3.63, 3.8) is 0 Å². The lowest BCUT2D eigenvalue weighted by Crippen LogP contribution is -2.50. The smallest absolute Gasteiger partial charge is 0.313 e. The van der Waals surface area contributed by atoms with Gasteiger partial charge in [0.1, 0.15) is 17.3 Å². The molecule has 0 bridgehead atoms. The van der Waals surface area contributed by atoms with E-state index in [4.69, 9.17) is 14.0 Å². The van der Waals surface area contributed by atoms with E-state index < -0.39 is 5.41 Å². The van der Waals surface area contributed by atoms with E-state index in [0.717, 1.165) is 45.6 Å². The average Bonchev–Trinajstić information content (AvgIpc) is 3.41. The van der Waals surface area contributed by atoms with Gasteiger partial charge in [0.2, 0.25) is 0 Å². The van der Waals surface area contributed by atoms with Gasteiger partial charge in [-0.15, -0.1) is 0 Å². The Morgan fingerprint density at radius 2 is 2.27 bits per heavy atom. The van der Waals surface area contributed by atoms with Crippen molar-refractivity contribution in [2.75, 3.05) is 39.5 Å². The summed E-state index contributed by atoms with van der Waals surface area (Å²) >= 11 is 0. The maximum Gasteiger partial charge on any atom is 0.313 e. The summed E-state index contributed by atoms with van der Waals surface area (Å²) in [5.41, 5.74) is 0.154. The molecule has 2 aliphatic rings. The Balaban J connectivity index is 1.53. The minimum Gasteiger partial charge on any atom is -0.466 e. The van der Waals surface area contributed by atoms with Crippen molar-refractivity contribution in [1.29, 1.82) is 0 Å². The molecule has 3 heterocycles. The number of carbonyl (C=O) groups is 1. The third-order valence-corrected chi connectivity index (χ3v) is 6.13. The highest BCUT2D eigenvalue weighted by Gasteiger charge is 2.45. The van der Waals surface area contributed by atoms with Crippen LogP contribution in [0.2, 0.25) is 0 Å². The molecule has 7 heteroatoms. The highest BCUT2D eigenvalue weighted by atomic mass is 19.1. The summed E-state index contributed by atoms with van der Waals surface area (Å²) in [6.07, 6.45) is 3.11. The number of carbonyl (C=O) groups excluding carboxylic acids is 1. The number of nitrogens with zero attached hydrogens (tertiary/aromatic N) is 2. The quantitative estimate of drug-likeness (QED) is 0.641. The lowest BCUT2D eigenvalue weighted by molar-refractivity contribution is -0.159. The fourth-order valence-corrected chi connectivity index (χ4v) is 4.67. The molecule has 1 aromatic heterocycles. The maximum atomic E-state index is 14.1. The van der Waals surface area contributed by atoms with Crippen molar-refractivity contribution in [2.45, 2.75) is 32.6 Å². The van der Waals surface area contributed by atoms with E-state index in [9.17, 15) is 9.18 Å². The van der Waals surface area contributed by atoms with Gasteiger partial charge in [0.05, 0.1) is 18.6 Å². The van der Waals surface area contributed by atoms with Crippen LogP contribution in [0.15, 0.2) is 34.9 Å². The fourth-order valence-electron chi connectivity index (χ4n) is 4.67. The molecule has 0 unspecified atom stereocenters. The summed E-state index contributed by atoms with van der Waals surface area (Å²) < 4.78 is 30.6. The largest absolute Gasteiger partial charge is 0.466 e. The number of aromatic nitrogens is 1. The molecule has 2 fully saturated rings. The SMILES string of the molecule is CCOC(=O)[C@@]1(Cc2cc(-c3ccccc3F)no2)CCCN(C[C@H]2CCOC2)C1. The molecule has 4 rings (SSSR count). The lowest BCUT2D eigenvalue weighted by Gasteiger charge is -2.41. The van der Waals surface area contributed by atoms with Gasteiger partial charge in [-0.05, 0) is 50.8 Å². The zero-order valence-electron chi connectivity index (χ0n) is 17.4. The van der Waals surface area contributed by atoms with Crippen LogP contribution >= 0.6 is 0 Å². The molecule has 2 saturated heterocycles. The minimum atomic E-state index is -0.681. The summed E-state index contributed by atoms with van der Waals surface area (Å²) in [7, 11) is 0. The average molecular weight is 416 g/mol. The fraction of sp³-hybridized carbons (Fsp3) is 0.565. The van der Waals surface area contributed by atoms with Crippen LogP contribution < -0.4 is 0 Å². The molecule has 0 saturated carbocycles. The number of esters is 1. The van der Waals surface area contributed by atoms with Crippen LogP contribution in [-0.4, -0.2) is 55.5 Å². The van der Waals surface area contributed by atoms with Crippen LogP contribution in [0.4, 0.5) is 4.39 Å². The molecule has 2 atom stereocenters. The first-order chi connectivity index (χ1) is 14.6. The summed E-state index contributed by atoms with van der Waals surface area (Å²) in [5, 5.41) is 4.05. The molecule has 30 heavy (non-hydrogen) atoms. The molecule has 162 valence electrons. The Labute approximate surface area is 176 Å². The van der Waals surface area contributed by atoms with E-state index in [-0.39, 0.29) is 11.8 Å². The molecular weight excluding hydrogens is 387 g/mol. The number of piperidine rings is 1. The minimum absolute atomic E-state index is 0.193. The third-order valence-electron chi connectivity index (χ3n) is 6.13. The second kappa shape index (κ2) is 9.27. The van der Waals surface area contributed by atoms with Crippen molar-refractivity contribution >= 4 is 5.97 Å². The Bertz CT molecular complexity index is 864. The third kappa shape index (κ3) is 4.57. The van der Waals surface area contributed by atoms with Crippen LogP contribution in [0, 0.1) is 17.2 Å². The Kier molecular flexibility index (Phi) is 6.49. The van der Waals surface area contributed by atoms with Gasteiger partial charge in [0, 0.05) is 37.7 Å². The molecule has 2 aliphatic heterocycles. The van der Waals surface area contributed by atoms with Gasteiger partial charge >= 0.3 is 5.97 Å². The second-order valence-electron chi connectivity index (χ2n) is 8.40. The molecule has 0 amide bonds. The summed E-state index contributed by atoms with van der Waals surface area (Å²) in [5.74, 6) is 0.551. The van der Waals surface area contributed by atoms with Crippen LogP contribution in [0.1, 0.15) is 31.9 Å². The summed E-state index contributed by atoms with van der Waals surface area (Å²) in [6, 6.07) is 8.21. The van der Waals surface area contributed by atoms with Crippen LogP contribution in [-0.2, 0) is 20.7 Å². The van der Waals surface area contributed by atoms with Crippen LogP contribution in [0.25, 0.3) is 11.3 Å². The molecule has 0 aliphatic carbocycles. The van der Waals surface area contributed by atoms with Crippen molar-refractivity contribution < 1.29 is 23.2 Å². The topological polar surface area (TPSA) is 64.8 Å². The number of hydrogen-bond acceptors (Lipinski definition) is 6. The van der Waals surface area contributed by atoms with Crippen LogP contribution in [0.5, 0.6) is 0 Å². The highest BCUT2D eigenvalue weighted by molar-refractivity contribution is 5.77. The van der Waals surface area contributed by atoms with Gasteiger partial charge in [-0.1, -0.05) is 17.3 Å². The standard InChI is InChI=1S/C23H29FN2O4/c1-2-29-22(27)23(9-5-10-26(16-23)14-17-8-11-28-15-17)13-18-12-21(25-30-18)19-6-3-4-7-20(19)24/h3-4,6-7,12,17H,2,5,8-11,13-16H2,1H3/t17-,23-/m1/s1. The van der Waals surface area contributed by atoms with E-state index in [1.807, 2.05) is 6.92 Å². The number of hydrogen-bond donors (Lipinski definition) is 0. The molecule has 2 aromatic rings. The van der Waals surface area contributed by atoms with Gasteiger partial charge in [0.25, 0.3) is 0 Å². The first-order valence-electron chi connectivity index (χ1n) is 10.8. The van der Waals surface area contributed by atoms with Gasteiger partial charge in [0.15, 0.2) is 0 Å². The number of rotatable bonds is 7. The van der Waals surface area contributed by atoms with Crippen molar-refractivity contribution in [2.24, 2.45) is 11.3 Å². The molecule has 1 aromatic carbocycles. The van der Waals surface area contributed by atoms with E-state index in [0.29, 0.717) is 42.5 Å². The van der Waals surface area contributed by atoms with Crippen LogP contribution in [0.3, 0.4) is 0 Å². The van der Waals surface area contributed by atoms with Crippen molar-refractivity contribution in [1.82, 2.24) is 10.1 Å². The zero-order valence-corrected chi connectivity index (χ0v) is 17.4. The molecule has 0 spiro atoms. The normalized spacial score (nSPS) is 24.8. The molecule has 6 nitrogen and oxygen atoms in total. The number of likely N-dealkylation sites (tertiary alicyclic amines) is 1. The Morgan fingerprint density at radius 1 is 1.40 bits per heavy atom. The second-order valence-corrected chi connectivity index (χ2v) is 8.40. The molecule has 0 N–H and O–H groups in total. The molecular formula is C23H29FN2O4. The van der Waals surface area contributed by atoms with Gasteiger partial charge in [-0.3, -0.25) is 4.79 Å². The van der Waals surface area contributed by atoms with E-state index in [1.54, 1.807) is 24.3 Å². The Morgan fingerprint density at radius 3 is 3.03 bits per heavy atom. The van der Waals surface area contributed by atoms with Gasteiger partial charge in [-0.25, -0.2) is 4.39 Å². The van der Waals surface area contributed by atoms with E-state index in [1.165, 1.54) is 6.07 Å². The van der Waals surface area contributed by atoms with Crippen molar-refractivity contribution in [3.05, 3.63) is 41.9 Å². The maximum absolute atomic E-state index is 14.1. The number of ether oxygens (including phenoxy) is 2. The highest BCUT2D eigenvalue weighted by Crippen LogP contribution is 2.37. The number of benzene rings is 1. The lowest BCUT2D eigenvalue weighted by atomic mass is 9.76. The van der Waals surface area contributed by atoms with E-state index >= 15 is 0 Å². The first kappa shape index (κ1) is 21.0. The van der Waals surface area contributed by atoms with E-state index in [2.05, 4.69) is 10.1 Å². The predicted molar refractivity (Wildman–Crippen MR) is 109 cm³/mol. The summed E-state index contributed by atoms with van der Waals surface area (Å²) in [4.78, 5) is 15.4.